The lowest BCUT2D eigenvalue weighted by Crippen LogP contribution is -1.71. The first-order valence-electron chi connectivity index (χ1n) is 2.91. The lowest BCUT2D eigenvalue weighted by molar-refractivity contribution is 1.46. The van der Waals surface area contributed by atoms with E-state index in [0.717, 1.165) is 4.21 Å². The van der Waals surface area contributed by atoms with Crippen molar-refractivity contribution >= 4 is 34.7 Å². The zero-order chi connectivity index (χ0) is 9.14. The van der Waals surface area contributed by atoms with Crippen LogP contribution < -0.4 is 0 Å². The van der Waals surface area contributed by atoms with E-state index in [4.69, 9.17) is 22.1 Å². The van der Waals surface area contributed by atoms with Crippen LogP contribution in [0.4, 0.5) is 0 Å². The molecule has 0 aliphatic rings. The fraction of sp³-hybridized carbons (Fsp3) is 0.143. The average Bonchev–Trinajstić information content (AvgIpc) is 2.41. The van der Waals surface area contributed by atoms with Crippen LogP contribution in [0.2, 0.25) is 5.02 Å². The van der Waals surface area contributed by atoms with Crippen molar-refractivity contribution < 1.29 is 0 Å². The van der Waals surface area contributed by atoms with E-state index >= 15 is 0 Å². The highest BCUT2D eigenvalue weighted by atomic mass is 35.5. The van der Waals surface area contributed by atoms with Gasteiger partial charge < -0.3 is 0 Å². The minimum Gasteiger partial charge on any atom is -0.192 e. The maximum Gasteiger partial charge on any atom is 0.125 e. The normalized spacial score (nSPS) is 9.00. The van der Waals surface area contributed by atoms with Gasteiger partial charge in [-0.25, -0.2) is 0 Å². The molecule has 0 fully saturated rings. The number of thioether (sulfide) groups is 1. The summed E-state index contributed by atoms with van der Waals surface area (Å²) in [5.74, 6) is 0. The summed E-state index contributed by atoms with van der Waals surface area (Å²) in [6.07, 6.45) is 1.85. The highest BCUT2D eigenvalue weighted by Crippen LogP contribution is 2.37. The Morgan fingerprint density at radius 1 is 1.42 bits per heavy atom. The number of nitriles is 2. The number of rotatable bonds is 1. The molecule has 0 aliphatic carbocycles. The second-order valence-electron chi connectivity index (χ2n) is 1.84. The van der Waals surface area contributed by atoms with Gasteiger partial charge in [0.25, 0.3) is 0 Å². The minimum atomic E-state index is 0.286. The van der Waals surface area contributed by atoms with Gasteiger partial charge in [-0.2, -0.15) is 10.5 Å². The Balaban J connectivity index is 3.37. The number of hydrogen-bond acceptors (Lipinski definition) is 4. The molecule has 1 heterocycles. The average molecular weight is 215 g/mol. The maximum atomic E-state index is 8.69. The fourth-order valence-electron chi connectivity index (χ4n) is 0.702. The van der Waals surface area contributed by atoms with Gasteiger partial charge >= 0.3 is 0 Å². The third kappa shape index (κ3) is 1.42. The molecule has 1 aromatic rings. The molecule has 0 bridgehead atoms. The molecule has 0 radical (unpaired) electrons. The third-order valence-electron chi connectivity index (χ3n) is 1.22. The molecule has 1 aromatic heterocycles. The van der Waals surface area contributed by atoms with Gasteiger partial charge in [-0.15, -0.1) is 23.1 Å². The van der Waals surface area contributed by atoms with Gasteiger partial charge in [-0.1, -0.05) is 11.6 Å². The van der Waals surface area contributed by atoms with E-state index in [1.807, 2.05) is 18.4 Å². The Labute approximate surface area is 83.4 Å². The van der Waals surface area contributed by atoms with Gasteiger partial charge in [0.2, 0.25) is 0 Å². The predicted octanol–water partition coefficient (Wildman–Crippen LogP) is 2.87. The summed E-state index contributed by atoms with van der Waals surface area (Å²) in [6, 6.07) is 3.92. The topological polar surface area (TPSA) is 47.6 Å². The fourth-order valence-corrected chi connectivity index (χ4v) is 2.72. The third-order valence-corrected chi connectivity index (χ3v) is 3.92. The molecule has 0 aliphatic heterocycles. The van der Waals surface area contributed by atoms with E-state index in [2.05, 4.69) is 0 Å². The van der Waals surface area contributed by atoms with Gasteiger partial charge in [-0.3, -0.25) is 0 Å². The summed E-state index contributed by atoms with van der Waals surface area (Å²) in [5, 5.41) is 17.6. The van der Waals surface area contributed by atoms with Crippen molar-refractivity contribution in [2.24, 2.45) is 0 Å². The largest absolute Gasteiger partial charge is 0.192 e. The Hall–Kier alpha value is -0.680. The molecule has 12 heavy (non-hydrogen) atoms. The van der Waals surface area contributed by atoms with Gasteiger partial charge in [0.05, 0.1) is 14.8 Å². The SMILES string of the molecule is CSc1sc(C#N)c(Cl)c1C#N. The smallest absolute Gasteiger partial charge is 0.125 e. The Morgan fingerprint density at radius 3 is 2.42 bits per heavy atom. The Morgan fingerprint density at radius 2 is 2.08 bits per heavy atom. The van der Waals surface area contributed by atoms with Crippen LogP contribution in [0.5, 0.6) is 0 Å². The molecule has 0 aromatic carbocycles. The molecule has 60 valence electrons. The van der Waals surface area contributed by atoms with Crippen molar-refractivity contribution in [2.75, 3.05) is 6.26 Å². The molecular weight excluding hydrogens is 212 g/mol. The first kappa shape index (κ1) is 9.41. The summed E-state index contributed by atoms with van der Waals surface area (Å²) >= 11 is 8.45. The Bertz CT molecular complexity index is 383. The molecule has 0 unspecified atom stereocenters. The summed E-state index contributed by atoms with van der Waals surface area (Å²) in [4.78, 5) is 0.414. The summed E-state index contributed by atoms with van der Waals surface area (Å²) < 4.78 is 0.805. The highest BCUT2D eigenvalue weighted by Gasteiger charge is 2.15. The molecule has 5 heteroatoms. The summed E-state index contributed by atoms with van der Waals surface area (Å²) in [5.41, 5.74) is 0.422. The van der Waals surface area contributed by atoms with E-state index in [9.17, 15) is 0 Å². The quantitative estimate of drug-likeness (QED) is 0.676. The molecule has 0 spiro atoms. The van der Waals surface area contributed by atoms with Crippen LogP contribution in [-0.4, -0.2) is 6.26 Å². The van der Waals surface area contributed by atoms with E-state index in [0.29, 0.717) is 10.4 Å². The van der Waals surface area contributed by atoms with E-state index in [-0.39, 0.29) is 5.02 Å². The predicted molar refractivity (Wildman–Crippen MR) is 50.5 cm³/mol. The maximum absolute atomic E-state index is 8.69. The van der Waals surface area contributed by atoms with E-state index in [1.165, 1.54) is 23.1 Å². The van der Waals surface area contributed by atoms with Gasteiger partial charge in [0, 0.05) is 0 Å². The van der Waals surface area contributed by atoms with Crippen molar-refractivity contribution in [3.8, 4) is 12.1 Å². The summed E-state index contributed by atoms with van der Waals surface area (Å²) in [7, 11) is 0. The molecular formula is C7H3ClN2S2. The van der Waals surface area contributed by atoms with E-state index < -0.39 is 0 Å². The molecule has 2 nitrogen and oxygen atoms in total. The van der Waals surface area contributed by atoms with Crippen LogP contribution in [0, 0.1) is 22.7 Å². The number of thiophene rings is 1. The van der Waals surface area contributed by atoms with Crippen LogP contribution >= 0.6 is 34.7 Å². The standard InChI is InChI=1S/C7H3ClN2S2/c1-11-7-4(2-9)6(8)5(3-10)12-7/h1H3. The highest BCUT2D eigenvalue weighted by molar-refractivity contribution is 8.00. The molecule has 0 amide bonds. The van der Waals surface area contributed by atoms with E-state index in [1.54, 1.807) is 0 Å². The lowest BCUT2D eigenvalue weighted by atomic mass is 10.3. The Kier molecular flexibility index (Phi) is 2.99. The number of nitrogens with zero attached hydrogens (tertiary/aromatic N) is 2. The molecule has 0 saturated heterocycles. The molecule has 1 rings (SSSR count). The lowest BCUT2D eigenvalue weighted by Gasteiger charge is -1.86. The van der Waals surface area contributed by atoms with Crippen molar-refractivity contribution in [3.63, 3.8) is 0 Å². The zero-order valence-electron chi connectivity index (χ0n) is 6.09. The minimum absolute atomic E-state index is 0.286. The van der Waals surface area contributed by atoms with Crippen molar-refractivity contribution in [1.82, 2.24) is 0 Å². The van der Waals surface area contributed by atoms with Crippen LogP contribution in [0.3, 0.4) is 0 Å². The first-order valence-corrected chi connectivity index (χ1v) is 5.33. The van der Waals surface area contributed by atoms with Crippen LogP contribution in [0.25, 0.3) is 0 Å². The summed E-state index contributed by atoms with van der Waals surface area (Å²) in [6.45, 7) is 0. The van der Waals surface area contributed by atoms with Crippen molar-refractivity contribution in [1.29, 1.82) is 10.5 Å². The van der Waals surface area contributed by atoms with Gasteiger partial charge in [-0.05, 0) is 6.26 Å². The van der Waals surface area contributed by atoms with Crippen molar-refractivity contribution in [3.05, 3.63) is 15.5 Å². The number of halogens is 1. The first-order chi connectivity index (χ1) is 5.74. The molecule has 0 N–H and O–H groups in total. The second-order valence-corrected chi connectivity index (χ2v) is 4.31. The molecule has 0 atom stereocenters. The van der Waals surface area contributed by atoms with Crippen molar-refractivity contribution in [2.45, 2.75) is 4.21 Å². The van der Waals surface area contributed by atoms with Crippen LogP contribution in [0.15, 0.2) is 4.21 Å². The zero-order valence-corrected chi connectivity index (χ0v) is 8.48. The molecule has 0 saturated carbocycles. The van der Waals surface area contributed by atoms with Gasteiger partial charge in [0.15, 0.2) is 0 Å². The van der Waals surface area contributed by atoms with Gasteiger partial charge in [0.1, 0.15) is 17.0 Å². The second kappa shape index (κ2) is 3.82. The monoisotopic (exact) mass is 214 g/mol. The van der Waals surface area contributed by atoms with Crippen LogP contribution in [-0.2, 0) is 0 Å². The number of hydrogen-bond donors (Lipinski definition) is 0. The van der Waals surface area contributed by atoms with Crippen LogP contribution in [0.1, 0.15) is 10.4 Å².